The molecule has 2 rings (SSSR count). The molecule has 5 heteroatoms. The summed E-state index contributed by atoms with van der Waals surface area (Å²) in [5, 5.41) is 5.55. The topological polar surface area (TPSA) is 67.4 Å². The normalized spacial score (nSPS) is 13.8. The highest BCUT2D eigenvalue weighted by Gasteiger charge is 2.21. The number of hydrogen-bond donors (Lipinski definition) is 2. The minimum Gasteiger partial charge on any atom is -0.371 e. The monoisotopic (exact) mass is 290 g/mol. The summed E-state index contributed by atoms with van der Waals surface area (Å²) in [6.45, 7) is 3.74. The van der Waals surface area contributed by atoms with Gasteiger partial charge in [0.2, 0.25) is 5.91 Å². The second kappa shape index (κ2) is 7.78. The van der Waals surface area contributed by atoms with E-state index in [2.05, 4.69) is 10.6 Å². The van der Waals surface area contributed by atoms with Gasteiger partial charge in [0, 0.05) is 18.7 Å². The SMILES string of the molecule is CCNC(=O)c1ccc(CNC(=O)COCC2CC2)cc1. The fourth-order valence-corrected chi connectivity index (χ4v) is 1.89. The van der Waals surface area contributed by atoms with Crippen LogP contribution in [0.2, 0.25) is 0 Å². The molecule has 5 nitrogen and oxygen atoms in total. The fraction of sp³-hybridized carbons (Fsp3) is 0.500. The molecule has 0 saturated heterocycles. The maximum absolute atomic E-state index is 11.6. The van der Waals surface area contributed by atoms with Crippen molar-refractivity contribution >= 4 is 11.8 Å². The van der Waals surface area contributed by atoms with E-state index in [4.69, 9.17) is 4.74 Å². The number of carbonyl (C=O) groups excluding carboxylic acids is 2. The van der Waals surface area contributed by atoms with Crippen LogP contribution in [-0.2, 0) is 16.1 Å². The molecule has 0 radical (unpaired) electrons. The van der Waals surface area contributed by atoms with Crippen LogP contribution in [0, 0.1) is 5.92 Å². The van der Waals surface area contributed by atoms with E-state index in [9.17, 15) is 9.59 Å². The molecule has 2 amide bonds. The standard InChI is InChI=1S/C16H22N2O3/c1-2-17-16(20)14-7-5-12(6-8-14)9-18-15(19)11-21-10-13-3-4-13/h5-8,13H,2-4,9-11H2,1H3,(H,17,20)(H,18,19). The van der Waals surface area contributed by atoms with E-state index in [0.29, 0.717) is 31.2 Å². The molecule has 1 aromatic carbocycles. The average Bonchev–Trinajstić information content (AvgIpc) is 3.30. The Kier molecular flexibility index (Phi) is 5.75. The number of ether oxygens (including phenoxy) is 1. The van der Waals surface area contributed by atoms with Crippen molar-refractivity contribution in [1.82, 2.24) is 10.6 Å². The van der Waals surface area contributed by atoms with Crippen LogP contribution in [0.3, 0.4) is 0 Å². The summed E-state index contributed by atoms with van der Waals surface area (Å²) in [4.78, 5) is 23.2. The van der Waals surface area contributed by atoms with E-state index in [1.54, 1.807) is 12.1 Å². The van der Waals surface area contributed by atoms with Crippen molar-refractivity contribution in [1.29, 1.82) is 0 Å². The van der Waals surface area contributed by atoms with Gasteiger partial charge in [-0.1, -0.05) is 12.1 Å². The molecule has 0 bridgehead atoms. The van der Waals surface area contributed by atoms with Crippen LogP contribution < -0.4 is 10.6 Å². The molecule has 1 aliphatic carbocycles. The molecule has 0 aliphatic heterocycles. The molecule has 0 unspecified atom stereocenters. The first-order valence-corrected chi connectivity index (χ1v) is 7.40. The van der Waals surface area contributed by atoms with Crippen LogP contribution in [0.25, 0.3) is 0 Å². The number of nitrogens with one attached hydrogen (secondary N) is 2. The van der Waals surface area contributed by atoms with Crippen LogP contribution in [0.15, 0.2) is 24.3 Å². The second-order valence-corrected chi connectivity index (χ2v) is 5.29. The number of hydrogen-bond acceptors (Lipinski definition) is 3. The molecule has 0 heterocycles. The quantitative estimate of drug-likeness (QED) is 0.762. The summed E-state index contributed by atoms with van der Waals surface area (Å²) in [5.41, 5.74) is 1.58. The van der Waals surface area contributed by atoms with Gasteiger partial charge in [0.25, 0.3) is 5.91 Å². The summed E-state index contributed by atoms with van der Waals surface area (Å²) in [7, 11) is 0. The number of carbonyl (C=O) groups is 2. The van der Waals surface area contributed by atoms with Gasteiger partial charge in [-0.3, -0.25) is 9.59 Å². The van der Waals surface area contributed by atoms with Crippen molar-refractivity contribution in [3.63, 3.8) is 0 Å². The Labute approximate surface area is 125 Å². The van der Waals surface area contributed by atoms with E-state index in [1.807, 2.05) is 19.1 Å². The molecule has 1 fully saturated rings. The van der Waals surface area contributed by atoms with Crippen molar-refractivity contribution in [2.24, 2.45) is 5.92 Å². The lowest BCUT2D eigenvalue weighted by atomic mass is 10.1. The van der Waals surface area contributed by atoms with Gasteiger partial charge in [-0.25, -0.2) is 0 Å². The first kappa shape index (κ1) is 15.5. The molecule has 0 aromatic heterocycles. The van der Waals surface area contributed by atoms with E-state index in [1.165, 1.54) is 12.8 Å². The summed E-state index contributed by atoms with van der Waals surface area (Å²) in [5.74, 6) is 0.477. The first-order valence-electron chi connectivity index (χ1n) is 7.40. The molecule has 0 spiro atoms. The Bertz CT molecular complexity index is 481. The van der Waals surface area contributed by atoms with Crippen LogP contribution >= 0.6 is 0 Å². The largest absolute Gasteiger partial charge is 0.371 e. The number of rotatable bonds is 8. The zero-order valence-corrected chi connectivity index (χ0v) is 12.4. The third kappa shape index (κ3) is 5.55. The molecule has 114 valence electrons. The lowest BCUT2D eigenvalue weighted by molar-refractivity contribution is -0.126. The zero-order valence-electron chi connectivity index (χ0n) is 12.4. The highest BCUT2D eigenvalue weighted by atomic mass is 16.5. The van der Waals surface area contributed by atoms with Gasteiger partial charge in [0.05, 0.1) is 6.61 Å². The van der Waals surface area contributed by atoms with Crippen molar-refractivity contribution in [2.75, 3.05) is 19.8 Å². The molecule has 1 aliphatic rings. The minimum absolute atomic E-state index is 0.0819. The van der Waals surface area contributed by atoms with Gasteiger partial charge in [0.15, 0.2) is 0 Å². The fourth-order valence-electron chi connectivity index (χ4n) is 1.89. The van der Waals surface area contributed by atoms with Gasteiger partial charge >= 0.3 is 0 Å². The maximum Gasteiger partial charge on any atom is 0.251 e. The highest BCUT2D eigenvalue weighted by Crippen LogP contribution is 2.28. The Balaban J connectivity index is 1.69. The molecular formula is C16H22N2O3. The third-order valence-electron chi connectivity index (χ3n) is 3.33. The number of amides is 2. The first-order chi connectivity index (χ1) is 10.2. The van der Waals surface area contributed by atoms with Crippen molar-refractivity contribution < 1.29 is 14.3 Å². The maximum atomic E-state index is 11.6. The van der Waals surface area contributed by atoms with E-state index >= 15 is 0 Å². The van der Waals surface area contributed by atoms with Gasteiger partial charge in [0.1, 0.15) is 6.61 Å². The van der Waals surface area contributed by atoms with Crippen LogP contribution in [0.4, 0.5) is 0 Å². The van der Waals surface area contributed by atoms with Crippen molar-refractivity contribution in [3.8, 4) is 0 Å². The predicted molar refractivity (Wildman–Crippen MR) is 79.8 cm³/mol. The lowest BCUT2D eigenvalue weighted by Crippen LogP contribution is -2.27. The second-order valence-electron chi connectivity index (χ2n) is 5.29. The molecule has 0 atom stereocenters. The summed E-state index contributed by atoms with van der Waals surface area (Å²) >= 11 is 0. The van der Waals surface area contributed by atoms with Gasteiger partial charge in [-0.15, -0.1) is 0 Å². The summed E-state index contributed by atoms with van der Waals surface area (Å²) < 4.78 is 5.32. The third-order valence-corrected chi connectivity index (χ3v) is 3.33. The molecule has 21 heavy (non-hydrogen) atoms. The molecular weight excluding hydrogens is 268 g/mol. The average molecular weight is 290 g/mol. The van der Waals surface area contributed by atoms with E-state index in [0.717, 1.165) is 5.56 Å². The smallest absolute Gasteiger partial charge is 0.251 e. The Morgan fingerprint density at radius 2 is 1.90 bits per heavy atom. The number of benzene rings is 1. The summed E-state index contributed by atoms with van der Waals surface area (Å²) in [6, 6.07) is 7.21. The van der Waals surface area contributed by atoms with Gasteiger partial charge in [-0.05, 0) is 43.4 Å². The van der Waals surface area contributed by atoms with Gasteiger partial charge < -0.3 is 15.4 Å². The predicted octanol–water partition coefficient (Wildman–Crippen LogP) is 1.48. The van der Waals surface area contributed by atoms with Gasteiger partial charge in [-0.2, -0.15) is 0 Å². The van der Waals surface area contributed by atoms with E-state index in [-0.39, 0.29) is 18.4 Å². The highest BCUT2D eigenvalue weighted by molar-refractivity contribution is 5.94. The van der Waals surface area contributed by atoms with Crippen LogP contribution in [0.5, 0.6) is 0 Å². The summed E-state index contributed by atoms with van der Waals surface area (Å²) in [6.07, 6.45) is 2.44. The van der Waals surface area contributed by atoms with Crippen molar-refractivity contribution in [3.05, 3.63) is 35.4 Å². The zero-order chi connectivity index (χ0) is 15.1. The molecule has 1 aromatic rings. The molecule has 1 saturated carbocycles. The van der Waals surface area contributed by atoms with Crippen LogP contribution in [-0.4, -0.2) is 31.6 Å². The van der Waals surface area contributed by atoms with E-state index < -0.39 is 0 Å². The van der Waals surface area contributed by atoms with Crippen molar-refractivity contribution in [2.45, 2.75) is 26.3 Å². The minimum atomic E-state index is -0.108. The Hall–Kier alpha value is -1.88. The molecule has 2 N–H and O–H groups in total. The Morgan fingerprint density at radius 1 is 1.19 bits per heavy atom. The lowest BCUT2D eigenvalue weighted by Gasteiger charge is -2.07. The Morgan fingerprint density at radius 3 is 2.52 bits per heavy atom. The van der Waals surface area contributed by atoms with Crippen LogP contribution in [0.1, 0.15) is 35.7 Å².